The average molecular weight is 300 g/mol. The lowest BCUT2D eigenvalue weighted by molar-refractivity contribution is -0.126. The minimum Gasteiger partial charge on any atom is -0.345 e. The lowest BCUT2D eigenvalue weighted by Crippen LogP contribution is -2.39. The number of hydrogen-bond acceptors (Lipinski definition) is 3. The van der Waals surface area contributed by atoms with Crippen LogP contribution in [-0.2, 0) is 4.79 Å². The normalized spacial score (nSPS) is 17.3. The van der Waals surface area contributed by atoms with E-state index in [0.717, 1.165) is 37.1 Å². The van der Waals surface area contributed by atoms with Gasteiger partial charge in [0.2, 0.25) is 5.91 Å². The van der Waals surface area contributed by atoms with E-state index in [1.54, 1.807) is 11.3 Å². The first-order valence-electron chi connectivity index (χ1n) is 7.43. The summed E-state index contributed by atoms with van der Waals surface area (Å²) in [7, 11) is 0. The summed E-state index contributed by atoms with van der Waals surface area (Å²) in [6.07, 6.45) is 1.86. The number of rotatable bonds is 4. The topological polar surface area (TPSA) is 41.1 Å². The number of thiophene rings is 1. The lowest BCUT2D eigenvalue weighted by atomic mass is 9.95. The Hall–Kier alpha value is -1.65. The maximum Gasteiger partial charge on any atom is 0.223 e. The van der Waals surface area contributed by atoms with Gasteiger partial charge in [-0.25, -0.2) is 0 Å². The summed E-state index contributed by atoms with van der Waals surface area (Å²) in [6.45, 7) is 1.87. The van der Waals surface area contributed by atoms with E-state index in [1.807, 2.05) is 18.2 Å². The van der Waals surface area contributed by atoms with E-state index in [1.165, 1.54) is 0 Å². The van der Waals surface area contributed by atoms with Gasteiger partial charge < -0.3 is 10.6 Å². The van der Waals surface area contributed by atoms with Gasteiger partial charge in [0, 0.05) is 5.92 Å². The van der Waals surface area contributed by atoms with Crippen molar-refractivity contribution in [3.8, 4) is 0 Å². The zero-order chi connectivity index (χ0) is 14.5. The maximum atomic E-state index is 12.5. The third-order valence-corrected chi connectivity index (χ3v) is 4.71. The second kappa shape index (κ2) is 6.87. The van der Waals surface area contributed by atoms with Gasteiger partial charge >= 0.3 is 0 Å². The molecule has 2 N–H and O–H groups in total. The van der Waals surface area contributed by atoms with E-state index in [4.69, 9.17) is 0 Å². The molecule has 1 amide bonds. The zero-order valence-electron chi connectivity index (χ0n) is 11.9. The second-order valence-corrected chi connectivity index (χ2v) is 6.21. The van der Waals surface area contributed by atoms with E-state index < -0.39 is 0 Å². The Morgan fingerprint density at radius 3 is 2.57 bits per heavy atom. The molecular weight excluding hydrogens is 280 g/mol. The first kappa shape index (κ1) is 14.3. The van der Waals surface area contributed by atoms with Gasteiger partial charge in [0.1, 0.15) is 0 Å². The predicted molar refractivity (Wildman–Crippen MR) is 86.3 cm³/mol. The summed E-state index contributed by atoms with van der Waals surface area (Å²) in [6, 6.07) is 12.2. The Balaban J connectivity index is 1.78. The molecule has 1 unspecified atom stereocenters. The zero-order valence-corrected chi connectivity index (χ0v) is 12.7. The van der Waals surface area contributed by atoms with Crippen molar-refractivity contribution in [1.29, 1.82) is 0 Å². The molecule has 4 heteroatoms. The molecule has 1 fully saturated rings. The van der Waals surface area contributed by atoms with Crippen LogP contribution in [0.15, 0.2) is 47.2 Å². The third kappa shape index (κ3) is 3.52. The van der Waals surface area contributed by atoms with Crippen molar-refractivity contribution in [3.63, 3.8) is 0 Å². The Morgan fingerprint density at radius 2 is 1.90 bits per heavy atom. The van der Waals surface area contributed by atoms with Crippen molar-refractivity contribution < 1.29 is 4.79 Å². The first-order valence-corrected chi connectivity index (χ1v) is 8.37. The highest BCUT2D eigenvalue weighted by molar-refractivity contribution is 7.08. The molecule has 1 atom stereocenters. The maximum absolute atomic E-state index is 12.5. The van der Waals surface area contributed by atoms with Gasteiger partial charge in [-0.2, -0.15) is 11.3 Å². The summed E-state index contributed by atoms with van der Waals surface area (Å²) in [5.41, 5.74) is 2.30. The van der Waals surface area contributed by atoms with Crippen molar-refractivity contribution in [2.75, 3.05) is 13.1 Å². The van der Waals surface area contributed by atoms with Crippen LogP contribution in [0.2, 0.25) is 0 Å². The number of nitrogens with one attached hydrogen (secondary N) is 2. The Labute approximate surface area is 129 Å². The molecule has 1 aromatic carbocycles. The molecule has 0 spiro atoms. The van der Waals surface area contributed by atoms with Crippen LogP contribution >= 0.6 is 11.3 Å². The fourth-order valence-corrected chi connectivity index (χ4v) is 3.47. The van der Waals surface area contributed by atoms with Crippen LogP contribution in [0.3, 0.4) is 0 Å². The van der Waals surface area contributed by atoms with Crippen LogP contribution < -0.4 is 10.6 Å². The summed E-state index contributed by atoms with van der Waals surface area (Å²) in [5.74, 6) is 0.313. The third-order valence-electron chi connectivity index (χ3n) is 4.01. The molecule has 0 aliphatic carbocycles. The van der Waals surface area contributed by atoms with Crippen LogP contribution in [0.5, 0.6) is 0 Å². The fourth-order valence-electron chi connectivity index (χ4n) is 2.79. The highest BCUT2D eigenvalue weighted by Crippen LogP contribution is 2.25. The van der Waals surface area contributed by atoms with E-state index in [0.29, 0.717) is 0 Å². The molecule has 0 saturated carbocycles. The molecule has 21 heavy (non-hydrogen) atoms. The molecule has 3 nitrogen and oxygen atoms in total. The quantitative estimate of drug-likeness (QED) is 0.911. The standard InChI is InChI=1S/C17H20N2OS/c20-17(14-6-9-18-10-7-14)19-16(15-8-11-21-12-15)13-4-2-1-3-5-13/h1-5,8,11-12,14,16,18H,6-7,9-10H2,(H,19,20). The summed E-state index contributed by atoms with van der Waals surface area (Å²) < 4.78 is 0. The number of carbonyl (C=O) groups is 1. The number of benzene rings is 1. The number of amides is 1. The fraction of sp³-hybridized carbons (Fsp3) is 0.353. The van der Waals surface area contributed by atoms with Gasteiger partial charge in [-0.05, 0) is 53.9 Å². The minimum absolute atomic E-state index is 0.0418. The highest BCUT2D eigenvalue weighted by Gasteiger charge is 2.24. The van der Waals surface area contributed by atoms with Gasteiger partial charge in [0.25, 0.3) is 0 Å². The van der Waals surface area contributed by atoms with Gasteiger partial charge in [-0.1, -0.05) is 30.3 Å². The van der Waals surface area contributed by atoms with Crippen molar-refractivity contribution in [2.24, 2.45) is 5.92 Å². The number of hydrogen-bond donors (Lipinski definition) is 2. The number of carbonyl (C=O) groups excluding carboxylic acids is 1. The van der Waals surface area contributed by atoms with Gasteiger partial charge in [-0.15, -0.1) is 0 Å². The molecule has 2 aromatic rings. The molecule has 0 radical (unpaired) electrons. The Kier molecular flexibility index (Phi) is 4.68. The molecule has 0 bridgehead atoms. The van der Waals surface area contributed by atoms with Crippen LogP contribution in [0.25, 0.3) is 0 Å². The molecule has 2 heterocycles. The van der Waals surface area contributed by atoms with Crippen LogP contribution in [0, 0.1) is 5.92 Å². The monoisotopic (exact) mass is 300 g/mol. The van der Waals surface area contributed by atoms with Crippen LogP contribution in [-0.4, -0.2) is 19.0 Å². The van der Waals surface area contributed by atoms with E-state index in [9.17, 15) is 4.79 Å². The van der Waals surface area contributed by atoms with Gasteiger partial charge in [0.05, 0.1) is 6.04 Å². The summed E-state index contributed by atoms with van der Waals surface area (Å²) in [4.78, 5) is 12.5. The highest BCUT2D eigenvalue weighted by atomic mass is 32.1. The Morgan fingerprint density at radius 1 is 1.14 bits per heavy atom. The molecule has 3 rings (SSSR count). The smallest absolute Gasteiger partial charge is 0.223 e. The molecule has 110 valence electrons. The van der Waals surface area contributed by atoms with Crippen molar-refractivity contribution in [2.45, 2.75) is 18.9 Å². The van der Waals surface area contributed by atoms with Crippen molar-refractivity contribution in [3.05, 3.63) is 58.3 Å². The summed E-state index contributed by atoms with van der Waals surface area (Å²) in [5, 5.41) is 10.7. The lowest BCUT2D eigenvalue weighted by Gasteiger charge is -2.25. The molecule has 1 aliphatic rings. The Bertz CT molecular complexity index is 562. The van der Waals surface area contributed by atoms with Crippen molar-refractivity contribution in [1.82, 2.24) is 10.6 Å². The predicted octanol–water partition coefficient (Wildman–Crippen LogP) is 2.95. The molecule has 1 aromatic heterocycles. The van der Waals surface area contributed by atoms with Gasteiger partial charge in [-0.3, -0.25) is 4.79 Å². The SMILES string of the molecule is O=C(NC(c1ccccc1)c1ccsc1)C1CCNCC1. The molecule has 1 saturated heterocycles. The van der Waals surface area contributed by atoms with Crippen LogP contribution in [0.4, 0.5) is 0 Å². The average Bonchev–Trinajstić information content (AvgIpc) is 3.08. The first-order chi connectivity index (χ1) is 10.3. The summed E-state index contributed by atoms with van der Waals surface area (Å²) >= 11 is 1.66. The van der Waals surface area contributed by atoms with Gasteiger partial charge in [0.15, 0.2) is 0 Å². The largest absolute Gasteiger partial charge is 0.345 e. The van der Waals surface area contributed by atoms with Crippen molar-refractivity contribution >= 4 is 17.2 Å². The molecule has 1 aliphatic heterocycles. The molecular formula is C17H20N2OS. The second-order valence-electron chi connectivity index (χ2n) is 5.43. The minimum atomic E-state index is -0.0418. The van der Waals surface area contributed by atoms with E-state index in [-0.39, 0.29) is 17.9 Å². The van der Waals surface area contributed by atoms with E-state index >= 15 is 0 Å². The number of piperidine rings is 1. The van der Waals surface area contributed by atoms with E-state index in [2.05, 4.69) is 39.6 Å². The van der Waals surface area contributed by atoms with Crippen LogP contribution in [0.1, 0.15) is 30.0 Å².